The summed E-state index contributed by atoms with van der Waals surface area (Å²) in [5.74, 6) is 0. The zero-order valence-corrected chi connectivity index (χ0v) is 12.0. The van der Waals surface area contributed by atoms with Gasteiger partial charge in [0, 0.05) is 16.7 Å². The number of benzene rings is 2. The normalized spacial score (nSPS) is 13.0. The van der Waals surface area contributed by atoms with Crippen LogP contribution in [0.25, 0.3) is 0 Å². The second-order valence-electron chi connectivity index (χ2n) is 4.90. The Labute approximate surface area is 127 Å². The van der Waals surface area contributed by atoms with Crippen LogP contribution in [0.15, 0.2) is 48.5 Å². The van der Waals surface area contributed by atoms with Crippen LogP contribution in [0.5, 0.6) is 0 Å². The maximum Gasteiger partial charge on any atom is 0.405 e. The third-order valence-electron chi connectivity index (χ3n) is 3.50. The fourth-order valence-electron chi connectivity index (χ4n) is 2.38. The Morgan fingerprint density at radius 1 is 1.05 bits per heavy atom. The third-order valence-corrected chi connectivity index (χ3v) is 3.50. The summed E-state index contributed by atoms with van der Waals surface area (Å²) >= 11 is 0. The Bertz CT molecular complexity index is 709. The largest absolute Gasteiger partial charge is 0.434 e. The molecule has 0 aromatic heterocycles. The molecule has 0 heterocycles. The van der Waals surface area contributed by atoms with E-state index >= 15 is 0 Å². The van der Waals surface area contributed by atoms with Gasteiger partial charge in [0.1, 0.15) is 12.6 Å². The molecule has 112 valence electrons. The van der Waals surface area contributed by atoms with Crippen molar-refractivity contribution < 1.29 is 19.1 Å². The molecule has 1 atom stereocenters. The molecule has 1 unspecified atom stereocenters. The number of primary amides is 1. The van der Waals surface area contributed by atoms with Gasteiger partial charge in [-0.15, -0.1) is 0 Å². The average molecular weight is 297 g/mol. The van der Waals surface area contributed by atoms with E-state index in [0.717, 1.165) is 6.29 Å². The number of rotatable bonds is 5. The van der Waals surface area contributed by atoms with E-state index in [4.69, 9.17) is 10.5 Å². The Morgan fingerprint density at radius 2 is 1.68 bits per heavy atom. The van der Waals surface area contributed by atoms with Gasteiger partial charge in [-0.1, -0.05) is 48.5 Å². The van der Waals surface area contributed by atoms with Crippen molar-refractivity contribution in [1.29, 1.82) is 0 Å². The summed E-state index contributed by atoms with van der Waals surface area (Å²) in [5.41, 5.74) is 5.97. The number of nitrogens with two attached hydrogens (primary N) is 1. The molecule has 0 aliphatic heterocycles. The maximum atomic E-state index is 11.3. The first-order valence-electron chi connectivity index (χ1n) is 6.60. The molecule has 0 radical (unpaired) electrons. The van der Waals surface area contributed by atoms with Crippen molar-refractivity contribution in [3.8, 4) is 0 Å². The standard InChI is InChI=1S/C17H15NO4/c1-17(22-16(18)21,14-8-6-12(10-19)7-9-14)15-5-3-2-4-13(15)11-20/h2-11H,1H3,(H2,18,21). The summed E-state index contributed by atoms with van der Waals surface area (Å²) in [6.45, 7) is 1.65. The van der Waals surface area contributed by atoms with Crippen molar-refractivity contribution in [1.82, 2.24) is 0 Å². The summed E-state index contributed by atoms with van der Waals surface area (Å²) in [7, 11) is 0. The van der Waals surface area contributed by atoms with Gasteiger partial charge in [0.2, 0.25) is 0 Å². The average Bonchev–Trinajstić information content (AvgIpc) is 2.54. The van der Waals surface area contributed by atoms with E-state index in [2.05, 4.69) is 0 Å². The monoisotopic (exact) mass is 297 g/mol. The highest BCUT2D eigenvalue weighted by atomic mass is 16.6. The zero-order chi connectivity index (χ0) is 16.2. The second kappa shape index (κ2) is 6.22. The van der Waals surface area contributed by atoms with E-state index in [1.807, 2.05) is 0 Å². The lowest BCUT2D eigenvalue weighted by molar-refractivity contribution is 0.0587. The number of hydrogen-bond acceptors (Lipinski definition) is 4. The minimum Gasteiger partial charge on any atom is -0.434 e. The van der Waals surface area contributed by atoms with Crippen LogP contribution in [0.3, 0.4) is 0 Å². The Hall–Kier alpha value is -2.95. The topological polar surface area (TPSA) is 86.5 Å². The van der Waals surface area contributed by atoms with E-state index in [9.17, 15) is 14.4 Å². The highest BCUT2D eigenvalue weighted by Crippen LogP contribution is 2.35. The maximum absolute atomic E-state index is 11.3. The van der Waals surface area contributed by atoms with E-state index in [1.165, 1.54) is 0 Å². The molecule has 2 aromatic carbocycles. The molecule has 0 aliphatic carbocycles. The van der Waals surface area contributed by atoms with Crippen LogP contribution >= 0.6 is 0 Å². The van der Waals surface area contributed by atoms with Crippen molar-refractivity contribution >= 4 is 18.7 Å². The number of aldehydes is 2. The minimum absolute atomic E-state index is 0.394. The number of ether oxygens (including phenoxy) is 1. The van der Waals surface area contributed by atoms with Crippen molar-refractivity contribution in [2.75, 3.05) is 0 Å². The van der Waals surface area contributed by atoms with Crippen LogP contribution in [0.4, 0.5) is 4.79 Å². The Morgan fingerprint density at radius 3 is 2.23 bits per heavy atom. The molecular weight excluding hydrogens is 282 g/mol. The Kier molecular flexibility index (Phi) is 4.36. The van der Waals surface area contributed by atoms with E-state index in [0.29, 0.717) is 28.5 Å². The highest BCUT2D eigenvalue weighted by Gasteiger charge is 2.34. The van der Waals surface area contributed by atoms with Crippen molar-refractivity contribution in [2.45, 2.75) is 12.5 Å². The van der Waals surface area contributed by atoms with Gasteiger partial charge >= 0.3 is 6.09 Å². The fraction of sp³-hybridized carbons (Fsp3) is 0.118. The molecule has 2 N–H and O–H groups in total. The van der Waals surface area contributed by atoms with Gasteiger partial charge < -0.3 is 10.5 Å². The minimum atomic E-state index is -1.23. The van der Waals surface area contributed by atoms with Crippen LogP contribution in [0, 0.1) is 0 Å². The summed E-state index contributed by atoms with van der Waals surface area (Å²) in [5, 5.41) is 0. The van der Waals surface area contributed by atoms with E-state index < -0.39 is 11.7 Å². The zero-order valence-electron chi connectivity index (χ0n) is 12.0. The first-order valence-corrected chi connectivity index (χ1v) is 6.60. The molecule has 5 nitrogen and oxygen atoms in total. The first-order chi connectivity index (χ1) is 10.5. The number of amides is 1. The van der Waals surface area contributed by atoms with Crippen LogP contribution in [0.1, 0.15) is 38.8 Å². The lowest BCUT2D eigenvalue weighted by Crippen LogP contribution is -2.34. The lowest BCUT2D eigenvalue weighted by atomic mass is 9.85. The molecule has 5 heteroatoms. The molecule has 0 aliphatic rings. The lowest BCUT2D eigenvalue weighted by Gasteiger charge is -2.31. The van der Waals surface area contributed by atoms with Gasteiger partial charge in [0.15, 0.2) is 5.60 Å². The molecule has 0 saturated carbocycles. The first kappa shape index (κ1) is 15.4. The molecule has 0 bridgehead atoms. The fourth-order valence-corrected chi connectivity index (χ4v) is 2.38. The van der Waals surface area contributed by atoms with Crippen molar-refractivity contribution in [2.24, 2.45) is 5.73 Å². The van der Waals surface area contributed by atoms with E-state index in [1.54, 1.807) is 55.5 Å². The van der Waals surface area contributed by atoms with Gasteiger partial charge in [-0.25, -0.2) is 4.79 Å². The molecule has 2 rings (SSSR count). The van der Waals surface area contributed by atoms with Gasteiger partial charge in [-0.2, -0.15) is 0 Å². The van der Waals surface area contributed by atoms with Crippen LogP contribution < -0.4 is 5.73 Å². The number of hydrogen-bond donors (Lipinski definition) is 1. The summed E-state index contributed by atoms with van der Waals surface area (Å²) < 4.78 is 5.32. The second-order valence-corrected chi connectivity index (χ2v) is 4.90. The predicted octanol–water partition coefficient (Wildman–Crippen LogP) is 2.67. The van der Waals surface area contributed by atoms with Gasteiger partial charge in [0.05, 0.1) is 0 Å². The highest BCUT2D eigenvalue weighted by molar-refractivity contribution is 5.79. The molecular formula is C17H15NO4. The number of carbonyl (C=O) groups is 3. The predicted molar refractivity (Wildman–Crippen MR) is 80.8 cm³/mol. The smallest absolute Gasteiger partial charge is 0.405 e. The molecule has 1 amide bonds. The van der Waals surface area contributed by atoms with E-state index in [-0.39, 0.29) is 0 Å². The van der Waals surface area contributed by atoms with Crippen LogP contribution in [-0.4, -0.2) is 18.7 Å². The third kappa shape index (κ3) is 2.88. The summed E-state index contributed by atoms with van der Waals surface area (Å²) in [6, 6.07) is 13.3. The molecule has 0 saturated heterocycles. The van der Waals surface area contributed by atoms with Gasteiger partial charge in [-0.3, -0.25) is 9.59 Å². The molecule has 2 aromatic rings. The number of carbonyl (C=O) groups excluding carboxylic acids is 3. The molecule has 0 fully saturated rings. The van der Waals surface area contributed by atoms with Crippen LogP contribution in [0.2, 0.25) is 0 Å². The van der Waals surface area contributed by atoms with Gasteiger partial charge in [-0.05, 0) is 12.5 Å². The molecule has 0 spiro atoms. The van der Waals surface area contributed by atoms with Gasteiger partial charge in [0.25, 0.3) is 0 Å². The summed E-state index contributed by atoms with van der Waals surface area (Å²) in [4.78, 5) is 33.4. The van der Waals surface area contributed by atoms with Crippen molar-refractivity contribution in [3.63, 3.8) is 0 Å². The quantitative estimate of drug-likeness (QED) is 0.859. The van der Waals surface area contributed by atoms with Crippen molar-refractivity contribution in [3.05, 3.63) is 70.8 Å². The molecule has 22 heavy (non-hydrogen) atoms. The SMILES string of the molecule is CC(OC(N)=O)(c1ccc(C=O)cc1)c1ccccc1C=O. The summed E-state index contributed by atoms with van der Waals surface area (Å²) in [6.07, 6.45) is 0.454. The Balaban J connectivity index is 2.62. The van der Waals surface area contributed by atoms with Crippen LogP contribution in [-0.2, 0) is 10.3 Å².